The van der Waals surface area contributed by atoms with E-state index in [0.29, 0.717) is 6.54 Å². The molecule has 0 unspecified atom stereocenters. The number of aromatic nitrogens is 3. The van der Waals surface area contributed by atoms with E-state index in [1.807, 2.05) is 18.5 Å². The van der Waals surface area contributed by atoms with Crippen LogP contribution < -0.4 is 10.1 Å². The van der Waals surface area contributed by atoms with Gasteiger partial charge in [-0.25, -0.2) is 0 Å². The van der Waals surface area contributed by atoms with E-state index in [-0.39, 0.29) is 0 Å². The summed E-state index contributed by atoms with van der Waals surface area (Å²) in [6, 6.07) is 18.8. The second-order valence-corrected chi connectivity index (χ2v) is 8.40. The molecule has 2 aromatic carbocycles. The van der Waals surface area contributed by atoms with Crippen molar-refractivity contribution in [3.05, 3.63) is 77.9 Å². The molecular weight excluding hydrogens is 414 g/mol. The molecule has 1 saturated heterocycles. The second-order valence-electron chi connectivity index (χ2n) is 8.40. The number of hydrogen-bond donors (Lipinski definition) is 1. The van der Waals surface area contributed by atoms with Crippen molar-refractivity contribution in [2.75, 3.05) is 39.5 Å². The molecule has 1 N–H and O–H groups in total. The molecule has 3 aromatic rings. The molecule has 1 aromatic heterocycles. The van der Waals surface area contributed by atoms with E-state index < -0.39 is 0 Å². The predicted molar refractivity (Wildman–Crippen MR) is 129 cm³/mol. The first-order valence-corrected chi connectivity index (χ1v) is 12.0. The molecule has 0 radical (unpaired) electrons. The van der Waals surface area contributed by atoms with Crippen LogP contribution in [0, 0.1) is 0 Å². The number of ether oxygens (including phenoxy) is 2. The summed E-state index contributed by atoms with van der Waals surface area (Å²) in [7, 11) is 0. The van der Waals surface area contributed by atoms with Gasteiger partial charge in [0.2, 0.25) is 0 Å². The molecule has 7 heteroatoms. The molecule has 176 valence electrons. The maximum absolute atomic E-state index is 6.11. The summed E-state index contributed by atoms with van der Waals surface area (Å²) in [6.45, 7) is 7.97. The molecular formula is C26H35N5O2. The Hall–Kier alpha value is -2.74. The number of rotatable bonds is 13. The summed E-state index contributed by atoms with van der Waals surface area (Å²) in [5.41, 5.74) is 2.49. The Labute approximate surface area is 196 Å². The Morgan fingerprint density at radius 2 is 1.73 bits per heavy atom. The molecule has 0 aliphatic carbocycles. The van der Waals surface area contributed by atoms with E-state index in [2.05, 4.69) is 67.4 Å². The van der Waals surface area contributed by atoms with Gasteiger partial charge in [-0.05, 0) is 37.4 Å². The average Bonchev–Trinajstić information content (AvgIpc) is 3.32. The van der Waals surface area contributed by atoms with Gasteiger partial charge < -0.3 is 19.4 Å². The molecule has 0 bridgehead atoms. The number of para-hydroxylation sites is 1. The van der Waals surface area contributed by atoms with Crippen LogP contribution in [-0.2, 0) is 30.8 Å². The van der Waals surface area contributed by atoms with Crippen LogP contribution in [0.25, 0.3) is 0 Å². The third-order valence-corrected chi connectivity index (χ3v) is 5.98. The van der Waals surface area contributed by atoms with Gasteiger partial charge in [-0.3, -0.25) is 4.90 Å². The largest absolute Gasteiger partial charge is 0.493 e. The molecule has 4 rings (SSSR count). The Morgan fingerprint density at radius 3 is 2.61 bits per heavy atom. The fourth-order valence-corrected chi connectivity index (χ4v) is 4.04. The summed E-state index contributed by atoms with van der Waals surface area (Å²) in [5.74, 6) is 1.91. The molecule has 7 nitrogen and oxygen atoms in total. The van der Waals surface area contributed by atoms with Crippen molar-refractivity contribution < 1.29 is 9.47 Å². The van der Waals surface area contributed by atoms with Crippen molar-refractivity contribution in [2.45, 2.75) is 38.9 Å². The third kappa shape index (κ3) is 7.67. The molecule has 0 saturated carbocycles. The van der Waals surface area contributed by atoms with Gasteiger partial charge in [0.1, 0.15) is 17.9 Å². The minimum absolute atomic E-state index is 0.669. The first-order chi connectivity index (χ1) is 16.4. The summed E-state index contributed by atoms with van der Waals surface area (Å²) in [6.07, 6.45) is 4.99. The molecule has 0 atom stereocenters. The zero-order chi connectivity index (χ0) is 22.6. The van der Waals surface area contributed by atoms with Crippen molar-refractivity contribution >= 4 is 0 Å². The maximum Gasteiger partial charge on any atom is 0.146 e. The van der Waals surface area contributed by atoms with Crippen LogP contribution >= 0.6 is 0 Å². The fraction of sp³-hybridized carbons (Fsp3) is 0.462. The number of benzene rings is 2. The lowest BCUT2D eigenvalue weighted by Crippen LogP contribution is -2.36. The van der Waals surface area contributed by atoms with Crippen LogP contribution in [0.4, 0.5) is 0 Å². The monoisotopic (exact) mass is 449 g/mol. The Bertz CT molecular complexity index is 941. The summed E-state index contributed by atoms with van der Waals surface area (Å²) in [4.78, 5) is 2.47. The van der Waals surface area contributed by atoms with Crippen molar-refractivity contribution in [1.82, 2.24) is 25.0 Å². The van der Waals surface area contributed by atoms with E-state index >= 15 is 0 Å². The number of hydrogen-bond acceptors (Lipinski definition) is 6. The van der Waals surface area contributed by atoms with Crippen molar-refractivity contribution in [2.24, 2.45) is 0 Å². The van der Waals surface area contributed by atoms with Crippen molar-refractivity contribution in [3.8, 4) is 5.75 Å². The van der Waals surface area contributed by atoms with Crippen LogP contribution in [-0.4, -0.2) is 59.1 Å². The number of aryl methyl sites for hydroxylation is 2. The molecule has 1 aliphatic rings. The Morgan fingerprint density at radius 1 is 0.909 bits per heavy atom. The quantitative estimate of drug-likeness (QED) is 0.404. The van der Waals surface area contributed by atoms with E-state index in [9.17, 15) is 0 Å². The summed E-state index contributed by atoms with van der Waals surface area (Å²) < 4.78 is 13.6. The van der Waals surface area contributed by atoms with Gasteiger partial charge in [0.15, 0.2) is 0 Å². The average molecular weight is 450 g/mol. The first kappa shape index (κ1) is 23.4. The van der Waals surface area contributed by atoms with E-state index in [0.717, 1.165) is 83.4 Å². The molecule has 0 amide bonds. The highest BCUT2D eigenvalue weighted by atomic mass is 16.5. The predicted octanol–water partition coefficient (Wildman–Crippen LogP) is 3.30. The molecule has 0 spiro atoms. The van der Waals surface area contributed by atoms with Crippen LogP contribution in [0.15, 0.2) is 60.9 Å². The Kier molecular flexibility index (Phi) is 9.29. The van der Waals surface area contributed by atoms with E-state index in [4.69, 9.17) is 9.47 Å². The van der Waals surface area contributed by atoms with Gasteiger partial charge in [-0.1, -0.05) is 48.5 Å². The highest BCUT2D eigenvalue weighted by molar-refractivity contribution is 5.33. The van der Waals surface area contributed by atoms with Gasteiger partial charge in [0.25, 0.3) is 0 Å². The van der Waals surface area contributed by atoms with E-state index in [1.54, 1.807) is 0 Å². The Balaban J connectivity index is 1.18. The van der Waals surface area contributed by atoms with Gasteiger partial charge in [-0.2, -0.15) is 0 Å². The highest BCUT2D eigenvalue weighted by Crippen LogP contribution is 2.18. The van der Waals surface area contributed by atoms with Crippen LogP contribution in [0.1, 0.15) is 29.8 Å². The first-order valence-electron chi connectivity index (χ1n) is 12.0. The zero-order valence-electron chi connectivity index (χ0n) is 19.4. The molecule has 1 fully saturated rings. The van der Waals surface area contributed by atoms with Gasteiger partial charge in [0.05, 0.1) is 26.4 Å². The second kappa shape index (κ2) is 13.1. The minimum Gasteiger partial charge on any atom is -0.493 e. The number of unbranched alkanes of at least 4 members (excludes halogenated alkanes) is 1. The summed E-state index contributed by atoms with van der Waals surface area (Å²) in [5, 5.41) is 11.9. The molecule has 2 heterocycles. The smallest absolute Gasteiger partial charge is 0.146 e. The van der Waals surface area contributed by atoms with Crippen LogP contribution in [0.3, 0.4) is 0 Å². The van der Waals surface area contributed by atoms with E-state index in [1.165, 1.54) is 11.1 Å². The standard InChI is InChI=1S/C26H35N5O2/c1-2-8-23(9-3-1)12-14-31-22-28-29-26(31)21-27-20-24-10-4-5-11-25(24)33-17-7-6-13-30-15-18-32-19-16-30/h1-5,8-11,22,27H,6-7,12-21H2. The lowest BCUT2D eigenvalue weighted by molar-refractivity contribution is 0.0368. The number of nitrogens with zero attached hydrogens (tertiary/aromatic N) is 4. The lowest BCUT2D eigenvalue weighted by Gasteiger charge is -2.26. The van der Waals surface area contributed by atoms with Crippen LogP contribution in [0.2, 0.25) is 0 Å². The fourth-order valence-electron chi connectivity index (χ4n) is 4.04. The maximum atomic E-state index is 6.11. The highest BCUT2D eigenvalue weighted by Gasteiger charge is 2.10. The van der Waals surface area contributed by atoms with Crippen molar-refractivity contribution in [3.63, 3.8) is 0 Å². The molecule has 33 heavy (non-hydrogen) atoms. The lowest BCUT2D eigenvalue weighted by atomic mass is 10.1. The van der Waals surface area contributed by atoms with Gasteiger partial charge in [0, 0.05) is 31.7 Å². The van der Waals surface area contributed by atoms with Gasteiger partial charge >= 0.3 is 0 Å². The van der Waals surface area contributed by atoms with Crippen LogP contribution in [0.5, 0.6) is 5.75 Å². The SMILES string of the molecule is c1ccc(CCn2cnnc2CNCc2ccccc2OCCCCN2CCOCC2)cc1. The number of morpholine rings is 1. The summed E-state index contributed by atoms with van der Waals surface area (Å²) >= 11 is 0. The van der Waals surface area contributed by atoms with Crippen molar-refractivity contribution in [1.29, 1.82) is 0 Å². The third-order valence-electron chi connectivity index (χ3n) is 5.98. The number of nitrogens with one attached hydrogen (secondary N) is 1. The molecule has 1 aliphatic heterocycles. The van der Waals surface area contributed by atoms with Gasteiger partial charge in [-0.15, -0.1) is 10.2 Å². The minimum atomic E-state index is 0.669. The zero-order valence-corrected chi connectivity index (χ0v) is 19.4. The normalized spacial score (nSPS) is 14.4. The topological polar surface area (TPSA) is 64.4 Å².